The van der Waals surface area contributed by atoms with Crippen LogP contribution in [0.4, 0.5) is 5.69 Å². The van der Waals surface area contributed by atoms with E-state index in [0.717, 1.165) is 33.6 Å². The van der Waals surface area contributed by atoms with Crippen LogP contribution >= 0.6 is 15.9 Å². The summed E-state index contributed by atoms with van der Waals surface area (Å²) >= 11 is 3.38. The molecule has 10 heteroatoms. The van der Waals surface area contributed by atoms with Crippen molar-refractivity contribution in [3.63, 3.8) is 0 Å². The Morgan fingerprint density at radius 3 is 2.53 bits per heavy atom. The SMILES string of the molecule is CCOc1cc(C)c(-c2nc3ccccc3c(=O)n2N=Cc2cc(Br)cc([N+](=O)[O-])c2OCc2cccc(C)c2)cc1C(C)C. The first-order chi connectivity index (χ1) is 21.6. The number of aromatic nitrogens is 2. The Morgan fingerprint density at radius 1 is 1.04 bits per heavy atom. The second kappa shape index (κ2) is 13.4. The molecule has 0 aliphatic heterocycles. The van der Waals surface area contributed by atoms with Crippen LogP contribution in [0, 0.1) is 24.0 Å². The van der Waals surface area contributed by atoms with Gasteiger partial charge in [-0.15, -0.1) is 0 Å². The van der Waals surface area contributed by atoms with Gasteiger partial charge in [-0.25, -0.2) is 4.98 Å². The molecule has 5 rings (SSSR count). The Bertz CT molecular complexity index is 2000. The van der Waals surface area contributed by atoms with Gasteiger partial charge in [0.25, 0.3) is 5.56 Å². The number of nitro benzene ring substituents is 1. The Kier molecular flexibility index (Phi) is 9.43. The first-order valence-electron chi connectivity index (χ1n) is 14.6. The molecule has 0 bridgehead atoms. The number of ether oxygens (including phenoxy) is 2. The molecule has 0 unspecified atom stereocenters. The van der Waals surface area contributed by atoms with Crippen LogP contribution < -0.4 is 15.0 Å². The van der Waals surface area contributed by atoms with E-state index in [1.807, 2.05) is 63.2 Å². The van der Waals surface area contributed by atoms with Gasteiger partial charge in [0.1, 0.15) is 12.4 Å². The van der Waals surface area contributed by atoms with Gasteiger partial charge in [0.15, 0.2) is 5.82 Å². The van der Waals surface area contributed by atoms with Gasteiger partial charge >= 0.3 is 5.69 Å². The zero-order chi connectivity index (χ0) is 32.2. The summed E-state index contributed by atoms with van der Waals surface area (Å²) in [7, 11) is 0. The van der Waals surface area contributed by atoms with Gasteiger partial charge in [0, 0.05) is 21.7 Å². The number of fused-ring (bicyclic) bond motifs is 1. The Labute approximate surface area is 269 Å². The predicted molar refractivity (Wildman–Crippen MR) is 181 cm³/mol. The quantitative estimate of drug-likeness (QED) is 0.0841. The minimum absolute atomic E-state index is 0.0381. The summed E-state index contributed by atoms with van der Waals surface area (Å²) in [5.74, 6) is 1.30. The fourth-order valence-corrected chi connectivity index (χ4v) is 5.61. The second-order valence-corrected chi connectivity index (χ2v) is 11.9. The standard InChI is InChI=1S/C35H33BrN4O5/c1-6-44-32-15-23(5)29(18-28(32)21(2)3)34-38-30-13-8-7-12-27(30)35(41)39(34)37-19-25-16-26(36)17-31(40(42)43)33(25)45-20-24-11-9-10-22(4)14-24/h7-19,21H,6,20H2,1-5H3. The first-order valence-corrected chi connectivity index (χ1v) is 15.4. The summed E-state index contributed by atoms with van der Waals surface area (Å²) in [5.41, 5.74) is 4.70. The highest BCUT2D eigenvalue weighted by atomic mass is 79.9. The number of rotatable bonds is 10. The number of hydrogen-bond acceptors (Lipinski definition) is 7. The van der Waals surface area contributed by atoms with Crippen LogP contribution in [-0.4, -0.2) is 27.4 Å². The number of nitro groups is 1. The van der Waals surface area contributed by atoms with Crippen LogP contribution in [0.3, 0.4) is 0 Å². The van der Waals surface area contributed by atoms with Crippen LogP contribution in [0.15, 0.2) is 87.2 Å². The maximum atomic E-state index is 13.9. The van der Waals surface area contributed by atoms with Gasteiger partial charge in [-0.3, -0.25) is 14.9 Å². The third kappa shape index (κ3) is 6.81. The van der Waals surface area contributed by atoms with Gasteiger partial charge < -0.3 is 9.47 Å². The van der Waals surface area contributed by atoms with Crippen molar-refractivity contribution in [2.45, 2.75) is 47.1 Å². The van der Waals surface area contributed by atoms with E-state index in [2.05, 4.69) is 34.9 Å². The summed E-state index contributed by atoms with van der Waals surface area (Å²) in [5, 5.41) is 17.1. The van der Waals surface area contributed by atoms with Crippen LogP contribution in [0.25, 0.3) is 22.3 Å². The van der Waals surface area contributed by atoms with Gasteiger partial charge in [-0.1, -0.05) is 71.7 Å². The second-order valence-electron chi connectivity index (χ2n) is 11.0. The molecule has 0 saturated carbocycles. The van der Waals surface area contributed by atoms with E-state index < -0.39 is 4.92 Å². The zero-order valence-corrected chi connectivity index (χ0v) is 27.3. The normalized spacial score (nSPS) is 11.4. The van der Waals surface area contributed by atoms with Crippen molar-refractivity contribution in [3.8, 4) is 22.9 Å². The Hall–Kier alpha value is -4.83. The topological polar surface area (TPSA) is 109 Å². The summed E-state index contributed by atoms with van der Waals surface area (Å²) < 4.78 is 13.7. The monoisotopic (exact) mass is 668 g/mol. The molecule has 0 aliphatic carbocycles. The summed E-state index contributed by atoms with van der Waals surface area (Å²) in [6, 6.07) is 21.8. The zero-order valence-electron chi connectivity index (χ0n) is 25.7. The Morgan fingerprint density at radius 2 is 1.82 bits per heavy atom. The fraction of sp³-hybridized carbons (Fsp3) is 0.229. The highest BCUT2D eigenvalue weighted by Gasteiger charge is 2.22. The molecule has 0 amide bonds. The number of benzene rings is 4. The van der Waals surface area contributed by atoms with Gasteiger partial charge in [-0.05, 0) is 73.7 Å². The minimum Gasteiger partial charge on any atom is -0.494 e. The van der Waals surface area contributed by atoms with E-state index in [-0.39, 0.29) is 29.5 Å². The largest absolute Gasteiger partial charge is 0.494 e. The molecule has 1 aromatic heterocycles. The minimum atomic E-state index is -0.500. The van der Waals surface area contributed by atoms with Crippen molar-refractivity contribution >= 4 is 38.7 Å². The molecule has 4 aromatic carbocycles. The van der Waals surface area contributed by atoms with Crippen molar-refractivity contribution in [3.05, 3.63) is 126 Å². The molecule has 5 aromatic rings. The van der Waals surface area contributed by atoms with Gasteiger partial charge in [0.05, 0.1) is 28.6 Å². The molecule has 0 N–H and O–H groups in total. The molecule has 0 aliphatic rings. The van der Waals surface area contributed by atoms with Crippen LogP contribution in [0.2, 0.25) is 0 Å². The summed E-state index contributed by atoms with van der Waals surface area (Å²) in [6.07, 6.45) is 1.40. The lowest BCUT2D eigenvalue weighted by atomic mass is 9.96. The van der Waals surface area contributed by atoms with Gasteiger partial charge in [0.2, 0.25) is 5.75 Å². The lowest BCUT2D eigenvalue weighted by Gasteiger charge is -2.18. The molecule has 0 radical (unpaired) electrons. The number of halogens is 1. The summed E-state index contributed by atoms with van der Waals surface area (Å²) in [4.78, 5) is 30.4. The maximum absolute atomic E-state index is 13.9. The van der Waals surface area contributed by atoms with Crippen LogP contribution in [-0.2, 0) is 6.61 Å². The fourth-order valence-electron chi connectivity index (χ4n) is 5.14. The molecular formula is C35H33BrN4O5. The molecule has 45 heavy (non-hydrogen) atoms. The number of para-hydroxylation sites is 1. The molecule has 0 spiro atoms. The third-order valence-electron chi connectivity index (χ3n) is 7.31. The average Bonchev–Trinajstić information content (AvgIpc) is 3.00. The van der Waals surface area contributed by atoms with E-state index in [1.54, 1.807) is 24.3 Å². The predicted octanol–water partition coefficient (Wildman–Crippen LogP) is 8.33. The highest BCUT2D eigenvalue weighted by Crippen LogP contribution is 2.36. The van der Waals surface area contributed by atoms with Crippen molar-refractivity contribution in [1.82, 2.24) is 9.66 Å². The van der Waals surface area contributed by atoms with Crippen LogP contribution in [0.1, 0.15) is 54.5 Å². The van der Waals surface area contributed by atoms with E-state index in [1.165, 1.54) is 17.0 Å². The highest BCUT2D eigenvalue weighted by molar-refractivity contribution is 9.10. The van der Waals surface area contributed by atoms with Crippen molar-refractivity contribution in [2.24, 2.45) is 5.10 Å². The number of nitrogens with zero attached hydrogens (tertiary/aromatic N) is 4. The third-order valence-corrected chi connectivity index (χ3v) is 7.77. The molecule has 1 heterocycles. The van der Waals surface area contributed by atoms with Crippen molar-refractivity contribution in [1.29, 1.82) is 0 Å². The van der Waals surface area contributed by atoms with Gasteiger partial charge in [-0.2, -0.15) is 9.78 Å². The van der Waals surface area contributed by atoms with E-state index in [0.29, 0.717) is 33.4 Å². The first kappa shape index (κ1) is 31.6. The maximum Gasteiger partial charge on any atom is 0.312 e. The number of aryl methyl sites for hydroxylation is 2. The molecule has 0 fully saturated rings. The Balaban J connectivity index is 1.70. The smallest absolute Gasteiger partial charge is 0.312 e. The molecule has 9 nitrogen and oxygen atoms in total. The van der Waals surface area contributed by atoms with Crippen molar-refractivity contribution in [2.75, 3.05) is 6.61 Å². The molecule has 0 atom stereocenters. The molecule has 0 saturated heterocycles. The van der Waals surface area contributed by atoms with E-state index in [4.69, 9.17) is 14.5 Å². The van der Waals surface area contributed by atoms with E-state index >= 15 is 0 Å². The van der Waals surface area contributed by atoms with Crippen LogP contribution in [0.5, 0.6) is 11.5 Å². The molecule has 230 valence electrons. The number of hydrogen-bond donors (Lipinski definition) is 0. The van der Waals surface area contributed by atoms with E-state index in [9.17, 15) is 14.9 Å². The lowest BCUT2D eigenvalue weighted by Crippen LogP contribution is -2.21. The lowest BCUT2D eigenvalue weighted by molar-refractivity contribution is -0.386. The molecular weight excluding hydrogens is 636 g/mol. The average molecular weight is 670 g/mol. The summed E-state index contributed by atoms with van der Waals surface area (Å²) in [6.45, 7) is 10.6. The van der Waals surface area contributed by atoms with Crippen molar-refractivity contribution < 1.29 is 14.4 Å².